The van der Waals surface area contributed by atoms with Gasteiger partial charge in [-0.15, -0.1) is 0 Å². The smallest absolute Gasteiger partial charge is 0.233 e. The molecular weight excluding hydrogens is 206 g/mol. The van der Waals surface area contributed by atoms with Gasteiger partial charge in [-0.05, 0) is 41.9 Å². The first-order valence-corrected chi connectivity index (χ1v) is 6.54. The molecule has 4 bridgehead atoms. The molecule has 0 amide bonds. The van der Waals surface area contributed by atoms with E-state index in [1.54, 1.807) is 0 Å². The summed E-state index contributed by atoms with van der Waals surface area (Å²) >= 11 is 0. The molecule has 84 valence electrons. The highest BCUT2D eigenvalue weighted by Gasteiger charge is 2.93. The lowest BCUT2D eigenvalue weighted by molar-refractivity contribution is -0.503. The van der Waals surface area contributed by atoms with Crippen molar-refractivity contribution in [2.75, 3.05) is 6.54 Å². The summed E-state index contributed by atoms with van der Waals surface area (Å²) in [6.45, 7) is 0.0955. The molecule has 2 heterocycles. The third-order valence-corrected chi connectivity index (χ3v) is 7.24. The minimum atomic E-state index is -0.291. The number of rotatable bonds is 2. The molecule has 16 heavy (non-hydrogen) atoms. The number of ether oxygens (including phenoxy) is 1. The van der Waals surface area contributed by atoms with Gasteiger partial charge >= 0.3 is 0 Å². The predicted octanol–water partition coefficient (Wildman–Crippen LogP) is 0.788. The second kappa shape index (κ2) is 1.74. The van der Waals surface area contributed by atoms with Crippen LogP contribution in [-0.2, 0) is 4.74 Å². The molecule has 4 nitrogen and oxygen atoms in total. The van der Waals surface area contributed by atoms with E-state index in [4.69, 9.17) is 4.74 Å². The van der Waals surface area contributed by atoms with Crippen LogP contribution in [0.15, 0.2) is 0 Å². The second-order valence-electron chi connectivity index (χ2n) is 6.95. The van der Waals surface area contributed by atoms with E-state index in [1.165, 1.54) is 6.42 Å². The molecule has 7 fully saturated rings. The first-order valence-electron chi connectivity index (χ1n) is 6.54. The van der Waals surface area contributed by atoms with Gasteiger partial charge in [0.25, 0.3) is 0 Å². The summed E-state index contributed by atoms with van der Waals surface area (Å²) in [5.41, 5.74) is -0.291. The fourth-order valence-electron chi connectivity index (χ4n) is 7.66. The first-order chi connectivity index (χ1) is 7.74. The van der Waals surface area contributed by atoms with E-state index in [2.05, 4.69) is 0 Å². The third kappa shape index (κ3) is 0.424. The van der Waals surface area contributed by atoms with Gasteiger partial charge in [0, 0.05) is 16.8 Å². The molecule has 0 N–H and O–H groups in total. The summed E-state index contributed by atoms with van der Waals surface area (Å²) in [6, 6.07) is 0. The zero-order valence-electron chi connectivity index (χ0n) is 8.78. The van der Waals surface area contributed by atoms with Crippen LogP contribution in [0.1, 0.15) is 6.42 Å². The number of nitro groups is 1. The lowest BCUT2D eigenvalue weighted by Gasteiger charge is -2.44. The van der Waals surface area contributed by atoms with Crippen LogP contribution < -0.4 is 0 Å². The van der Waals surface area contributed by atoms with E-state index in [0.29, 0.717) is 17.9 Å². The van der Waals surface area contributed by atoms with Gasteiger partial charge in [0.15, 0.2) is 0 Å². The van der Waals surface area contributed by atoms with Crippen molar-refractivity contribution >= 4 is 0 Å². The van der Waals surface area contributed by atoms with Gasteiger partial charge in [-0.2, -0.15) is 0 Å². The SMILES string of the molecule is O=[N+]([O-])C[C@@]12O[C@@H]3[C@@H]4[C@@H]5[C@@H]6C[C@@H]([C@H]5[C@H]41)[C@@H]2[C@@H]63. The molecule has 0 aromatic heterocycles. The van der Waals surface area contributed by atoms with Gasteiger partial charge in [0.2, 0.25) is 6.54 Å². The monoisotopic (exact) mass is 219 g/mol. The van der Waals surface area contributed by atoms with Crippen molar-refractivity contribution in [1.82, 2.24) is 0 Å². The summed E-state index contributed by atoms with van der Waals surface area (Å²) in [5, 5.41) is 10.9. The summed E-state index contributed by atoms with van der Waals surface area (Å²) in [5.74, 6) is 6.13. The molecule has 10 atom stereocenters. The highest BCUT2D eigenvalue weighted by Crippen LogP contribution is 2.90. The van der Waals surface area contributed by atoms with Crippen LogP contribution in [0.2, 0.25) is 0 Å². The number of hydrogen-bond acceptors (Lipinski definition) is 3. The van der Waals surface area contributed by atoms with Gasteiger partial charge in [0.1, 0.15) is 5.60 Å². The maximum Gasteiger partial charge on any atom is 0.233 e. The van der Waals surface area contributed by atoms with Gasteiger partial charge in [-0.25, -0.2) is 0 Å². The fourth-order valence-corrected chi connectivity index (χ4v) is 7.66. The van der Waals surface area contributed by atoms with E-state index in [-0.39, 0.29) is 17.1 Å². The van der Waals surface area contributed by atoms with Gasteiger partial charge in [-0.3, -0.25) is 10.1 Å². The van der Waals surface area contributed by atoms with E-state index in [9.17, 15) is 10.1 Å². The lowest BCUT2D eigenvalue weighted by Crippen LogP contribution is -2.51. The summed E-state index contributed by atoms with van der Waals surface area (Å²) in [7, 11) is 0. The Balaban J connectivity index is 1.62. The fraction of sp³-hybridized carbons (Fsp3) is 1.00. The van der Waals surface area contributed by atoms with E-state index in [0.717, 1.165) is 35.5 Å². The molecule has 2 saturated heterocycles. The van der Waals surface area contributed by atoms with Crippen molar-refractivity contribution in [1.29, 1.82) is 0 Å². The minimum absolute atomic E-state index is 0.0955. The Labute approximate surface area is 92.5 Å². The molecular formula is C12H13NO3. The normalized spacial score (nSPS) is 77.9. The molecule has 7 aliphatic rings. The highest BCUT2D eigenvalue weighted by atomic mass is 16.6. The molecule has 0 aromatic carbocycles. The number of nitrogens with zero attached hydrogens (tertiary/aromatic N) is 1. The van der Waals surface area contributed by atoms with Crippen LogP contribution >= 0.6 is 0 Å². The zero-order valence-corrected chi connectivity index (χ0v) is 8.78. The standard InChI is InChI=1S/C12H13NO3/c14-13(15)2-12-9-4-1-3-5-6(4)10(12)8(5)11(16-12)7(3)9/h3-11H,1-2H2/t3-,4-,5+,6+,7+,8+,9+,10+,11-,12-/m0/s1. The number of hydrogen-bond donors (Lipinski definition) is 0. The molecule has 0 unspecified atom stereocenters. The lowest BCUT2D eigenvalue weighted by atomic mass is 9.57. The average Bonchev–Trinajstić information content (AvgIpc) is 2.73. The van der Waals surface area contributed by atoms with Crippen molar-refractivity contribution in [3.8, 4) is 0 Å². The van der Waals surface area contributed by atoms with Crippen LogP contribution in [0, 0.1) is 57.5 Å². The summed E-state index contributed by atoms with van der Waals surface area (Å²) < 4.78 is 6.22. The van der Waals surface area contributed by atoms with Crippen molar-refractivity contribution in [3.05, 3.63) is 10.1 Å². The highest BCUT2D eigenvalue weighted by molar-refractivity contribution is 5.39. The summed E-state index contributed by atoms with van der Waals surface area (Å²) in [6.07, 6.45) is 1.82. The Morgan fingerprint density at radius 1 is 1.19 bits per heavy atom. The van der Waals surface area contributed by atoms with Gasteiger partial charge in [0.05, 0.1) is 6.10 Å². The van der Waals surface area contributed by atoms with Crippen molar-refractivity contribution in [2.24, 2.45) is 47.3 Å². The van der Waals surface area contributed by atoms with E-state index in [1.807, 2.05) is 0 Å². The molecule has 0 aromatic rings. The van der Waals surface area contributed by atoms with Gasteiger partial charge in [-0.1, -0.05) is 0 Å². The Hall–Kier alpha value is -0.640. The van der Waals surface area contributed by atoms with Crippen LogP contribution in [0.5, 0.6) is 0 Å². The second-order valence-corrected chi connectivity index (χ2v) is 6.95. The van der Waals surface area contributed by atoms with E-state index < -0.39 is 0 Å². The molecule has 5 saturated carbocycles. The maximum absolute atomic E-state index is 10.9. The molecule has 7 rings (SSSR count). The minimum Gasteiger partial charge on any atom is -0.364 e. The maximum atomic E-state index is 10.9. The molecule has 0 spiro atoms. The Morgan fingerprint density at radius 2 is 2.06 bits per heavy atom. The van der Waals surface area contributed by atoms with Gasteiger partial charge < -0.3 is 4.74 Å². The third-order valence-electron chi connectivity index (χ3n) is 7.24. The molecule has 5 aliphatic carbocycles. The Morgan fingerprint density at radius 3 is 2.88 bits per heavy atom. The van der Waals surface area contributed by atoms with Crippen LogP contribution in [-0.4, -0.2) is 23.2 Å². The van der Waals surface area contributed by atoms with Crippen LogP contribution in [0.4, 0.5) is 0 Å². The average molecular weight is 219 g/mol. The molecule has 2 aliphatic heterocycles. The van der Waals surface area contributed by atoms with Crippen molar-refractivity contribution in [3.63, 3.8) is 0 Å². The van der Waals surface area contributed by atoms with E-state index >= 15 is 0 Å². The van der Waals surface area contributed by atoms with Crippen molar-refractivity contribution < 1.29 is 9.66 Å². The predicted molar refractivity (Wildman–Crippen MR) is 52.0 cm³/mol. The summed E-state index contributed by atoms with van der Waals surface area (Å²) in [4.78, 5) is 10.8. The largest absolute Gasteiger partial charge is 0.364 e. The Kier molecular flexibility index (Phi) is 0.832. The molecule has 4 heteroatoms. The zero-order chi connectivity index (χ0) is 10.4. The molecule has 0 radical (unpaired) electrons. The van der Waals surface area contributed by atoms with Crippen LogP contribution in [0.25, 0.3) is 0 Å². The van der Waals surface area contributed by atoms with Crippen molar-refractivity contribution in [2.45, 2.75) is 18.1 Å². The topological polar surface area (TPSA) is 52.4 Å². The van der Waals surface area contributed by atoms with Crippen LogP contribution in [0.3, 0.4) is 0 Å². The Bertz CT molecular complexity index is 455. The first kappa shape index (κ1) is 7.64. The quantitative estimate of drug-likeness (QED) is 0.509.